The number of nitrogens with zero attached hydrogens (tertiary/aromatic N) is 4. The molecule has 6 aromatic rings. The predicted octanol–water partition coefficient (Wildman–Crippen LogP) is 5.27. The standard InChI is InChI=1S/C14H12N2O.C14H12N2.CO2/c17-9-11-6-7-13-14(8-11)16(10-15-13)12-4-2-1-3-5-12;1-11-7-8-13-14(9-11)16(10-15-13)12-5-3-2-4-6-12;2-1-3/h1-8,10,17H,9H2;2-10H,1H3;. The Morgan fingerprint density at radius 2 is 1.17 bits per heavy atom. The van der Waals surface area contributed by atoms with Crippen LogP contribution in [0.25, 0.3) is 33.4 Å². The average Bonchev–Trinajstić information content (AvgIpc) is 3.54. The molecule has 0 radical (unpaired) electrons. The number of aryl methyl sites for hydroxylation is 1. The van der Waals surface area contributed by atoms with Crippen LogP contribution in [0.3, 0.4) is 0 Å². The highest BCUT2D eigenvalue weighted by Gasteiger charge is 2.05. The first-order chi connectivity index (χ1) is 17.6. The molecule has 0 saturated heterocycles. The summed E-state index contributed by atoms with van der Waals surface area (Å²) in [7, 11) is 0. The number of carbonyl (C=O) groups excluding carboxylic acids is 2. The second-order valence-electron chi connectivity index (χ2n) is 7.96. The van der Waals surface area contributed by atoms with E-state index in [-0.39, 0.29) is 12.8 Å². The third kappa shape index (κ3) is 5.45. The Morgan fingerprint density at radius 3 is 1.67 bits per heavy atom. The van der Waals surface area contributed by atoms with E-state index in [9.17, 15) is 0 Å². The van der Waals surface area contributed by atoms with Crippen molar-refractivity contribution in [3.05, 3.63) is 121 Å². The lowest BCUT2D eigenvalue weighted by Gasteiger charge is -2.04. The largest absolute Gasteiger partial charge is 0.392 e. The molecule has 0 aliphatic heterocycles. The molecule has 178 valence electrons. The van der Waals surface area contributed by atoms with Crippen LogP contribution in [-0.2, 0) is 16.2 Å². The molecule has 0 spiro atoms. The van der Waals surface area contributed by atoms with E-state index in [1.165, 1.54) is 5.56 Å². The molecular formula is C29H24N4O3. The highest BCUT2D eigenvalue weighted by Crippen LogP contribution is 2.20. The molecule has 0 unspecified atom stereocenters. The second-order valence-corrected chi connectivity index (χ2v) is 7.96. The van der Waals surface area contributed by atoms with Gasteiger partial charge in [0.1, 0.15) is 12.7 Å². The highest BCUT2D eigenvalue weighted by molar-refractivity contribution is 5.79. The summed E-state index contributed by atoms with van der Waals surface area (Å²) < 4.78 is 4.14. The van der Waals surface area contributed by atoms with Crippen molar-refractivity contribution >= 4 is 28.2 Å². The summed E-state index contributed by atoms with van der Waals surface area (Å²) in [6, 6.07) is 32.4. The summed E-state index contributed by atoms with van der Waals surface area (Å²) >= 11 is 0. The van der Waals surface area contributed by atoms with Gasteiger partial charge in [0.2, 0.25) is 0 Å². The number of hydrogen-bond donors (Lipinski definition) is 1. The van der Waals surface area contributed by atoms with Crippen LogP contribution in [0.2, 0.25) is 0 Å². The van der Waals surface area contributed by atoms with Crippen molar-refractivity contribution in [2.75, 3.05) is 0 Å². The van der Waals surface area contributed by atoms with E-state index in [4.69, 9.17) is 14.7 Å². The van der Waals surface area contributed by atoms with E-state index in [0.717, 1.165) is 39.0 Å². The number of para-hydroxylation sites is 2. The topological polar surface area (TPSA) is 90.0 Å². The highest BCUT2D eigenvalue weighted by atomic mass is 16.3. The van der Waals surface area contributed by atoms with Crippen LogP contribution in [0, 0.1) is 6.92 Å². The first-order valence-electron chi connectivity index (χ1n) is 11.2. The number of aliphatic hydroxyl groups excluding tert-OH is 1. The van der Waals surface area contributed by atoms with Gasteiger partial charge in [0.05, 0.1) is 28.7 Å². The molecular weight excluding hydrogens is 452 g/mol. The van der Waals surface area contributed by atoms with E-state index in [1.807, 2.05) is 77.6 Å². The van der Waals surface area contributed by atoms with E-state index in [1.54, 1.807) is 6.33 Å². The molecule has 1 N–H and O–H groups in total. The zero-order chi connectivity index (χ0) is 25.3. The molecule has 0 fully saturated rings. The quantitative estimate of drug-likeness (QED) is 0.376. The van der Waals surface area contributed by atoms with Gasteiger partial charge in [-0.1, -0.05) is 48.5 Å². The maximum absolute atomic E-state index is 9.17. The molecule has 36 heavy (non-hydrogen) atoms. The normalized spacial score (nSPS) is 10.2. The van der Waals surface area contributed by atoms with Crippen molar-refractivity contribution < 1.29 is 14.7 Å². The Labute approximate surface area is 207 Å². The van der Waals surface area contributed by atoms with Gasteiger partial charge in [0.15, 0.2) is 0 Å². The minimum atomic E-state index is 0.0515. The van der Waals surface area contributed by atoms with Crippen LogP contribution >= 0.6 is 0 Å². The van der Waals surface area contributed by atoms with Crippen LogP contribution in [0.1, 0.15) is 11.1 Å². The molecule has 4 aromatic carbocycles. The lowest BCUT2D eigenvalue weighted by atomic mass is 10.2. The first-order valence-corrected chi connectivity index (χ1v) is 11.2. The number of fused-ring (bicyclic) bond motifs is 2. The Morgan fingerprint density at radius 1 is 0.694 bits per heavy atom. The summed E-state index contributed by atoms with van der Waals surface area (Å²) in [6.07, 6.45) is 3.93. The molecule has 0 amide bonds. The summed E-state index contributed by atoms with van der Waals surface area (Å²) in [6.45, 7) is 2.15. The van der Waals surface area contributed by atoms with Gasteiger partial charge in [0, 0.05) is 11.4 Å². The Balaban J connectivity index is 0.000000153. The van der Waals surface area contributed by atoms with Crippen LogP contribution in [-0.4, -0.2) is 30.4 Å². The SMILES string of the molecule is Cc1ccc2ncn(-c3ccccc3)c2c1.O=C=O.OCc1ccc2ncn(-c3ccccc3)c2c1. The lowest BCUT2D eigenvalue weighted by Crippen LogP contribution is -1.92. The van der Waals surface area contributed by atoms with Crippen LogP contribution in [0.15, 0.2) is 110 Å². The summed E-state index contributed by atoms with van der Waals surface area (Å²) in [5.41, 5.74) is 8.52. The minimum Gasteiger partial charge on any atom is -0.392 e. The summed E-state index contributed by atoms with van der Waals surface area (Å²) in [4.78, 5) is 25.0. The fourth-order valence-corrected chi connectivity index (χ4v) is 3.86. The van der Waals surface area contributed by atoms with E-state index < -0.39 is 0 Å². The Bertz CT molecular complexity index is 1600. The number of aliphatic hydroxyl groups is 1. The van der Waals surface area contributed by atoms with Gasteiger partial charge in [0.25, 0.3) is 0 Å². The van der Waals surface area contributed by atoms with Crippen molar-refractivity contribution in [1.82, 2.24) is 19.1 Å². The van der Waals surface area contributed by atoms with Gasteiger partial charge in [-0.15, -0.1) is 0 Å². The zero-order valence-electron chi connectivity index (χ0n) is 19.7. The van der Waals surface area contributed by atoms with Gasteiger partial charge in [-0.25, -0.2) is 9.97 Å². The number of rotatable bonds is 3. The summed E-state index contributed by atoms with van der Waals surface area (Å²) in [5.74, 6) is 0. The van der Waals surface area contributed by atoms with Crippen LogP contribution in [0.5, 0.6) is 0 Å². The van der Waals surface area contributed by atoms with Crippen LogP contribution < -0.4 is 0 Å². The molecule has 0 atom stereocenters. The van der Waals surface area contributed by atoms with Crippen LogP contribution in [0.4, 0.5) is 0 Å². The molecule has 2 aromatic heterocycles. The molecule has 0 aliphatic carbocycles. The number of aromatic nitrogens is 4. The molecule has 2 heterocycles. The Hall–Kier alpha value is -4.84. The maximum atomic E-state index is 9.17. The van der Waals surface area contributed by atoms with Crippen molar-refractivity contribution in [3.8, 4) is 11.4 Å². The number of imidazole rings is 2. The van der Waals surface area contributed by atoms with Gasteiger partial charge >= 0.3 is 6.15 Å². The molecule has 6 rings (SSSR count). The molecule has 7 heteroatoms. The van der Waals surface area contributed by atoms with E-state index in [2.05, 4.69) is 51.8 Å². The smallest absolute Gasteiger partial charge is 0.373 e. The molecule has 0 aliphatic rings. The van der Waals surface area contributed by atoms with Gasteiger partial charge in [-0.3, -0.25) is 9.13 Å². The number of benzene rings is 4. The number of hydrogen-bond acceptors (Lipinski definition) is 5. The van der Waals surface area contributed by atoms with Gasteiger partial charge in [-0.2, -0.15) is 9.59 Å². The van der Waals surface area contributed by atoms with Crippen molar-refractivity contribution in [2.24, 2.45) is 0 Å². The van der Waals surface area contributed by atoms with E-state index in [0.29, 0.717) is 0 Å². The van der Waals surface area contributed by atoms with Crippen molar-refractivity contribution in [3.63, 3.8) is 0 Å². The van der Waals surface area contributed by atoms with Crippen molar-refractivity contribution in [2.45, 2.75) is 13.5 Å². The molecule has 7 nitrogen and oxygen atoms in total. The zero-order valence-corrected chi connectivity index (χ0v) is 19.7. The lowest BCUT2D eigenvalue weighted by molar-refractivity contribution is -0.191. The average molecular weight is 477 g/mol. The monoisotopic (exact) mass is 476 g/mol. The Kier molecular flexibility index (Phi) is 7.78. The van der Waals surface area contributed by atoms with Crippen molar-refractivity contribution in [1.29, 1.82) is 0 Å². The first kappa shape index (κ1) is 24.3. The molecule has 0 bridgehead atoms. The predicted molar refractivity (Wildman–Crippen MR) is 138 cm³/mol. The van der Waals surface area contributed by atoms with E-state index >= 15 is 0 Å². The summed E-state index contributed by atoms with van der Waals surface area (Å²) in [5, 5.41) is 9.17. The third-order valence-corrected chi connectivity index (χ3v) is 5.57. The fraction of sp³-hybridized carbons (Fsp3) is 0.0690. The van der Waals surface area contributed by atoms with Gasteiger partial charge in [-0.05, 0) is 66.6 Å². The van der Waals surface area contributed by atoms with Gasteiger partial charge < -0.3 is 5.11 Å². The maximum Gasteiger partial charge on any atom is 0.373 e. The molecule has 0 saturated carbocycles. The fourth-order valence-electron chi connectivity index (χ4n) is 3.86. The second kappa shape index (κ2) is 11.5. The third-order valence-electron chi connectivity index (χ3n) is 5.57. The minimum absolute atomic E-state index is 0.0515.